The molecule has 9 nitrogen and oxygen atoms in total. The highest BCUT2D eigenvalue weighted by molar-refractivity contribution is 5.91. The van der Waals surface area contributed by atoms with E-state index in [1.807, 2.05) is 25.1 Å². The van der Waals surface area contributed by atoms with Gasteiger partial charge in [-0.2, -0.15) is 0 Å². The number of ether oxygens (including phenoxy) is 2. The third kappa shape index (κ3) is 3.45. The average Bonchev–Trinajstić information content (AvgIpc) is 3.23. The van der Waals surface area contributed by atoms with Crippen LogP contribution in [0, 0.1) is 0 Å². The number of carbonyl (C=O) groups is 1. The van der Waals surface area contributed by atoms with E-state index >= 15 is 0 Å². The van der Waals surface area contributed by atoms with Crippen molar-refractivity contribution in [2.45, 2.75) is 6.92 Å². The van der Waals surface area contributed by atoms with Gasteiger partial charge in [0, 0.05) is 0 Å². The molecule has 0 saturated carbocycles. The molecule has 0 fully saturated rings. The van der Waals surface area contributed by atoms with Crippen molar-refractivity contribution in [1.29, 1.82) is 0 Å². The van der Waals surface area contributed by atoms with E-state index in [4.69, 9.17) is 9.47 Å². The molecule has 0 bridgehead atoms. The minimum absolute atomic E-state index is 0.142. The van der Waals surface area contributed by atoms with Crippen molar-refractivity contribution in [3.63, 3.8) is 0 Å². The predicted molar refractivity (Wildman–Crippen MR) is 106 cm³/mol. The highest BCUT2D eigenvalue weighted by Crippen LogP contribution is 2.33. The van der Waals surface area contributed by atoms with Crippen molar-refractivity contribution in [1.82, 2.24) is 25.4 Å². The van der Waals surface area contributed by atoms with Crippen LogP contribution in [0.5, 0.6) is 5.75 Å². The molecule has 2 N–H and O–H groups in total. The summed E-state index contributed by atoms with van der Waals surface area (Å²) in [6.07, 6.45) is 0. The van der Waals surface area contributed by atoms with Gasteiger partial charge in [-0.15, -0.1) is 5.10 Å². The van der Waals surface area contributed by atoms with Gasteiger partial charge < -0.3 is 14.5 Å². The standard InChI is InChI=1S/C20H17N5O4/c1-3-29-15-10-12(11-5-4-6-13(9-11)20(27)28-2)7-8-14(15)17-21-18-16(19(26)22-17)23-25-24-18/h4-10H,3H2,1-2H3,(H2,21,22,23,24,25,26). The number of methoxy groups -OCH3 is 1. The highest BCUT2D eigenvalue weighted by atomic mass is 16.5. The highest BCUT2D eigenvalue weighted by Gasteiger charge is 2.15. The number of nitrogens with one attached hydrogen (secondary N) is 2. The van der Waals surface area contributed by atoms with Crippen LogP contribution in [-0.2, 0) is 4.74 Å². The number of H-pyrrole nitrogens is 2. The molecule has 0 atom stereocenters. The molecule has 2 heterocycles. The zero-order valence-electron chi connectivity index (χ0n) is 15.7. The van der Waals surface area contributed by atoms with Crippen LogP contribution in [0.25, 0.3) is 33.7 Å². The van der Waals surface area contributed by atoms with Crippen LogP contribution in [-0.4, -0.2) is 45.1 Å². The first kappa shape index (κ1) is 18.4. The molecule has 0 aliphatic rings. The topological polar surface area (TPSA) is 123 Å². The maximum atomic E-state index is 12.2. The summed E-state index contributed by atoms with van der Waals surface area (Å²) in [5.41, 5.74) is 2.79. The molecule has 2 aromatic carbocycles. The first-order valence-corrected chi connectivity index (χ1v) is 8.87. The maximum Gasteiger partial charge on any atom is 0.337 e. The Hall–Kier alpha value is -4.01. The number of benzene rings is 2. The summed E-state index contributed by atoms with van der Waals surface area (Å²) in [4.78, 5) is 31.1. The monoisotopic (exact) mass is 391 g/mol. The maximum absolute atomic E-state index is 12.2. The number of hydrogen-bond acceptors (Lipinski definition) is 7. The lowest BCUT2D eigenvalue weighted by Gasteiger charge is -2.12. The van der Waals surface area contributed by atoms with Crippen LogP contribution in [0.4, 0.5) is 0 Å². The number of rotatable bonds is 5. The van der Waals surface area contributed by atoms with Crippen LogP contribution >= 0.6 is 0 Å². The third-order valence-electron chi connectivity index (χ3n) is 4.35. The summed E-state index contributed by atoms with van der Waals surface area (Å²) >= 11 is 0. The van der Waals surface area contributed by atoms with Gasteiger partial charge in [-0.05, 0) is 42.3 Å². The normalized spacial score (nSPS) is 10.8. The summed E-state index contributed by atoms with van der Waals surface area (Å²) in [5.74, 6) is 0.479. The Balaban J connectivity index is 1.81. The summed E-state index contributed by atoms with van der Waals surface area (Å²) < 4.78 is 10.6. The second kappa shape index (κ2) is 7.55. The summed E-state index contributed by atoms with van der Waals surface area (Å²) in [7, 11) is 1.34. The van der Waals surface area contributed by atoms with E-state index in [9.17, 15) is 9.59 Å². The van der Waals surface area contributed by atoms with Gasteiger partial charge in [-0.25, -0.2) is 14.9 Å². The van der Waals surface area contributed by atoms with Crippen LogP contribution in [0.2, 0.25) is 0 Å². The number of carbonyl (C=O) groups excluding carboxylic acids is 1. The smallest absolute Gasteiger partial charge is 0.337 e. The molecular formula is C20H17N5O4. The quantitative estimate of drug-likeness (QED) is 0.501. The van der Waals surface area contributed by atoms with Crippen molar-refractivity contribution in [2.75, 3.05) is 13.7 Å². The molecule has 4 aromatic rings. The molecule has 4 rings (SSSR count). The number of aromatic nitrogens is 5. The van der Waals surface area contributed by atoms with Crippen molar-refractivity contribution in [2.24, 2.45) is 0 Å². The van der Waals surface area contributed by atoms with E-state index < -0.39 is 11.5 Å². The van der Waals surface area contributed by atoms with Gasteiger partial charge in [0.25, 0.3) is 5.56 Å². The Bertz CT molecular complexity index is 1260. The van der Waals surface area contributed by atoms with Crippen LogP contribution < -0.4 is 10.3 Å². The van der Waals surface area contributed by atoms with E-state index in [-0.39, 0.29) is 5.52 Å². The van der Waals surface area contributed by atoms with Crippen molar-refractivity contribution in [3.8, 4) is 28.3 Å². The number of fused-ring (bicyclic) bond motifs is 1. The second-order valence-corrected chi connectivity index (χ2v) is 6.14. The lowest BCUT2D eigenvalue weighted by Crippen LogP contribution is -2.10. The molecule has 0 aliphatic carbocycles. The van der Waals surface area contributed by atoms with Gasteiger partial charge in [-0.1, -0.05) is 23.4 Å². The first-order chi connectivity index (χ1) is 14.1. The van der Waals surface area contributed by atoms with E-state index in [1.165, 1.54) is 7.11 Å². The zero-order chi connectivity index (χ0) is 20.4. The Kier molecular flexibility index (Phi) is 4.78. The third-order valence-corrected chi connectivity index (χ3v) is 4.35. The molecule has 0 unspecified atom stereocenters. The number of nitrogens with zero attached hydrogens (tertiary/aromatic N) is 3. The lowest BCUT2D eigenvalue weighted by molar-refractivity contribution is 0.0601. The first-order valence-electron chi connectivity index (χ1n) is 8.87. The minimum atomic E-state index is -0.406. The summed E-state index contributed by atoms with van der Waals surface area (Å²) in [6, 6.07) is 12.6. The van der Waals surface area contributed by atoms with Crippen molar-refractivity contribution in [3.05, 3.63) is 58.4 Å². The van der Waals surface area contributed by atoms with Gasteiger partial charge in [0.15, 0.2) is 11.2 Å². The van der Waals surface area contributed by atoms with E-state index in [1.54, 1.807) is 24.3 Å². The summed E-state index contributed by atoms with van der Waals surface area (Å²) in [6.45, 7) is 2.29. The van der Waals surface area contributed by atoms with Crippen LogP contribution in [0.1, 0.15) is 17.3 Å². The van der Waals surface area contributed by atoms with Gasteiger partial charge in [0.1, 0.15) is 11.6 Å². The number of aromatic amines is 2. The molecule has 9 heteroatoms. The Labute approximate surface area is 164 Å². The van der Waals surface area contributed by atoms with Gasteiger partial charge in [0.2, 0.25) is 0 Å². The fourth-order valence-corrected chi connectivity index (χ4v) is 3.00. The molecule has 0 saturated heterocycles. The summed E-state index contributed by atoms with van der Waals surface area (Å²) in [5, 5.41) is 9.93. The van der Waals surface area contributed by atoms with E-state index in [0.717, 1.165) is 11.1 Å². The predicted octanol–water partition coefficient (Wildman–Crippen LogP) is 2.56. The molecule has 0 spiro atoms. The van der Waals surface area contributed by atoms with Crippen LogP contribution in [0.15, 0.2) is 47.3 Å². The SMILES string of the molecule is CCOc1cc(-c2cccc(C(=O)OC)c2)ccc1-c1nc2[nH]nnc2c(=O)[nH]1. The average molecular weight is 391 g/mol. The fourth-order valence-electron chi connectivity index (χ4n) is 3.00. The Morgan fingerprint density at radius 2 is 1.97 bits per heavy atom. The lowest BCUT2D eigenvalue weighted by atomic mass is 10.0. The van der Waals surface area contributed by atoms with Gasteiger partial charge >= 0.3 is 5.97 Å². The molecule has 146 valence electrons. The molecule has 0 aliphatic heterocycles. The molecule has 0 amide bonds. The van der Waals surface area contributed by atoms with Gasteiger partial charge in [0.05, 0.1) is 24.8 Å². The van der Waals surface area contributed by atoms with E-state index in [0.29, 0.717) is 35.0 Å². The fraction of sp³-hybridized carbons (Fsp3) is 0.150. The zero-order valence-corrected chi connectivity index (χ0v) is 15.7. The van der Waals surface area contributed by atoms with Crippen molar-refractivity contribution >= 4 is 17.1 Å². The van der Waals surface area contributed by atoms with Gasteiger partial charge in [-0.3, -0.25) is 4.79 Å². The Morgan fingerprint density at radius 3 is 2.76 bits per heavy atom. The van der Waals surface area contributed by atoms with Crippen molar-refractivity contribution < 1.29 is 14.3 Å². The number of hydrogen-bond donors (Lipinski definition) is 2. The molecule has 0 radical (unpaired) electrons. The largest absolute Gasteiger partial charge is 0.493 e. The second-order valence-electron chi connectivity index (χ2n) is 6.14. The Morgan fingerprint density at radius 1 is 1.14 bits per heavy atom. The minimum Gasteiger partial charge on any atom is -0.493 e. The van der Waals surface area contributed by atoms with E-state index in [2.05, 4.69) is 25.4 Å². The molecule has 29 heavy (non-hydrogen) atoms. The van der Waals surface area contributed by atoms with Crippen LogP contribution in [0.3, 0.4) is 0 Å². The molecule has 2 aromatic heterocycles. The number of esters is 1. The molecular weight excluding hydrogens is 374 g/mol.